The van der Waals surface area contributed by atoms with Gasteiger partial charge in [0, 0.05) is 0 Å². The van der Waals surface area contributed by atoms with Crippen molar-refractivity contribution >= 4 is 32.6 Å². The van der Waals surface area contributed by atoms with Crippen LogP contribution in [0.4, 0.5) is 5.13 Å². The lowest BCUT2D eigenvalue weighted by atomic mass is 10.1. The normalized spacial score (nSPS) is 10.9. The molecule has 0 unspecified atom stereocenters. The van der Waals surface area contributed by atoms with Crippen LogP contribution in [0.1, 0.15) is 18.2 Å². The number of benzene rings is 2. The second-order valence-corrected chi connectivity index (χ2v) is 7.65. The molecule has 4 aromatic rings. The molecule has 1 amide bonds. The Hall–Kier alpha value is -3.32. The lowest BCUT2D eigenvalue weighted by Gasteiger charge is -2.19. The molecule has 0 spiro atoms. The molecule has 0 fully saturated rings. The Bertz CT molecular complexity index is 1120. The third kappa shape index (κ3) is 4.46. The number of aromatic nitrogens is 1. The number of rotatable bonds is 8. The van der Waals surface area contributed by atoms with Crippen LogP contribution in [0, 0.1) is 0 Å². The number of hydrogen-bond donors (Lipinski definition) is 0. The van der Waals surface area contributed by atoms with Crippen LogP contribution in [-0.2, 0) is 17.8 Å². The predicted molar refractivity (Wildman–Crippen MR) is 117 cm³/mol. The number of furan rings is 1. The highest BCUT2D eigenvalue weighted by Gasteiger charge is 2.22. The lowest BCUT2D eigenvalue weighted by Crippen LogP contribution is -2.31. The number of methoxy groups -OCH3 is 1. The average molecular weight is 423 g/mol. The van der Waals surface area contributed by atoms with Crippen LogP contribution in [0.25, 0.3) is 10.2 Å². The van der Waals surface area contributed by atoms with Gasteiger partial charge in [0.25, 0.3) is 0 Å². The molecule has 2 heterocycles. The quantitative estimate of drug-likeness (QED) is 0.397. The molecule has 0 bridgehead atoms. The second-order valence-electron chi connectivity index (χ2n) is 6.64. The Morgan fingerprint density at radius 2 is 1.93 bits per heavy atom. The molecular formula is C23H22N2O4S. The molecule has 30 heavy (non-hydrogen) atoms. The number of nitrogens with zero attached hydrogens (tertiary/aromatic N) is 2. The first-order valence-electron chi connectivity index (χ1n) is 9.65. The van der Waals surface area contributed by atoms with E-state index < -0.39 is 0 Å². The van der Waals surface area contributed by atoms with Crippen molar-refractivity contribution in [3.63, 3.8) is 0 Å². The number of thiazole rings is 1. The van der Waals surface area contributed by atoms with E-state index in [9.17, 15) is 4.79 Å². The summed E-state index contributed by atoms with van der Waals surface area (Å²) in [7, 11) is 1.63. The van der Waals surface area contributed by atoms with Gasteiger partial charge in [0.1, 0.15) is 17.3 Å². The highest BCUT2D eigenvalue weighted by Crippen LogP contribution is 2.32. The number of carbonyl (C=O) groups excluding carboxylic acids is 1. The number of ether oxygens (including phenoxy) is 2. The average Bonchev–Trinajstić information content (AvgIpc) is 3.42. The maximum atomic E-state index is 13.2. The van der Waals surface area contributed by atoms with E-state index in [4.69, 9.17) is 13.9 Å². The SMILES string of the molecule is CCOc1ccc(CC(=O)N(Cc2ccco2)c2nc3ccc(OC)cc3s2)cc1. The summed E-state index contributed by atoms with van der Waals surface area (Å²) in [5, 5.41) is 0.630. The summed E-state index contributed by atoms with van der Waals surface area (Å²) in [5.74, 6) is 2.20. The Labute approximate surface area is 178 Å². The summed E-state index contributed by atoms with van der Waals surface area (Å²) < 4.78 is 17.2. The summed E-state index contributed by atoms with van der Waals surface area (Å²) in [5.41, 5.74) is 1.74. The fourth-order valence-corrected chi connectivity index (χ4v) is 4.11. The van der Waals surface area contributed by atoms with Crippen molar-refractivity contribution in [1.82, 2.24) is 4.98 Å². The molecule has 6 nitrogen and oxygen atoms in total. The first kappa shape index (κ1) is 20.0. The summed E-state index contributed by atoms with van der Waals surface area (Å²) in [4.78, 5) is 19.6. The van der Waals surface area contributed by atoms with E-state index in [1.807, 2.05) is 61.5 Å². The van der Waals surface area contributed by atoms with E-state index in [2.05, 4.69) is 4.98 Å². The van der Waals surface area contributed by atoms with Crippen molar-refractivity contribution in [1.29, 1.82) is 0 Å². The molecule has 0 saturated heterocycles. The van der Waals surface area contributed by atoms with E-state index in [0.717, 1.165) is 27.3 Å². The predicted octanol–water partition coefficient (Wildman–Crippen LogP) is 5.07. The Balaban J connectivity index is 1.61. The molecular weight excluding hydrogens is 400 g/mol. The van der Waals surface area contributed by atoms with Gasteiger partial charge in [-0.05, 0) is 55.0 Å². The lowest BCUT2D eigenvalue weighted by molar-refractivity contribution is -0.118. The molecule has 7 heteroatoms. The van der Waals surface area contributed by atoms with E-state index >= 15 is 0 Å². The molecule has 0 aliphatic rings. The largest absolute Gasteiger partial charge is 0.497 e. The smallest absolute Gasteiger partial charge is 0.233 e. The number of carbonyl (C=O) groups is 1. The molecule has 0 saturated carbocycles. The maximum absolute atomic E-state index is 13.2. The maximum Gasteiger partial charge on any atom is 0.233 e. The number of fused-ring (bicyclic) bond motifs is 1. The molecule has 4 rings (SSSR count). The zero-order valence-corrected chi connectivity index (χ0v) is 17.6. The fourth-order valence-electron chi connectivity index (χ4n) is 3.10. The Morgan fingerprint density at radius 3 is 2.63 bits per heavy atom. The van der Waals surface area contributed by atoms with Gasteiger partial charge in [-0.2, -0.15) is 0 Å². The minimum absolute atomic E-state index is 0.0541. The summed E-state index contributed by atoms with van der Waals surface area (Å²) >= 11 is 1.46. The van der Waals surface area contributed by atoms with Crippen LogP contribution in [0.3, 0.4) is 0 Å². The van der Waals surface area contributed by atoms with E-state index in [-0.39, 0.29) is 12.3 Å². The summed E-state index contributed by atoms with van der Waals surface area (Å²) in [6.07, 6.45) is 1.86. The van der Waals surface area contributed by atoms with Gasteiger partial charge in [-0.15, -0.1) is 0 Å². The van der Waals surface area contributed by atoms with Crippen molar-refractivity contribution in [2.24, 2.45) is 0 Å². The Morgan fingerprint density at radius 1 is 1.13 bits per heavy atom. The first-order valence-corrected chi connectivity index (χ1v) is 10.5. The van der Waals surface area contributed by atoms with Crippen molar-refractivity contribution in [2.45, 2.75) is 19.9 Å². The van der Waals surface area contributed by atoms with Gasteiger partial charge in [0.2, 0.25) is 5.91 Å². The summed E-state index contributed by atoms with van der Waals surface area (Å²) in [6, 6.07) is 17.0. The molecule has 2 aromatic carbocycles. The molecule has 0 N–H and O–H groups in total. The van der Waals surface area contributed by atoms with Crippen LogP contribution < -0.4 is 14.4 Å². The summed E-state index contributed by atoms with van der Waals surface area (Å²) in [6.45, 7) is 2.87. The van der Waals surface area contributed by atoms with Gasteiger partial charge >= 0.3 is 0 Å². The molecule has 0 aliphatic carbocycles. The number of amides is 1. The Kier molecular flexibility index (Phi) is 5.99. The molecule has 0 aliphatic heterocycles. The second kappa shape index (κ2) is 9.00. The molecule has 0 radical (unpaired) electrons. The minimum Gasteiger partial charge on any atom is -0.497 e. The van der Waals surface area contributed by atoms with Crippen LogP contribution in [0.2, 0.25) is 0 Å². The van der Waals surface area contributed by atoms with Crippen molar-refractivity contribution in [3.05, 3.63) is 72.2 Å². The van der Waals surface area contributed by atoms with Crippen LogP contribution >= 0.6 is 11.3 Å². The van der Waals surface area contributed by atoms with E-state index in [1.165, 1.54) is 11.3 Å². The van der Waals surface area contributed by atoms with Gasteiger partial charge in [0.05, 0.1) is 43.2 Å². The highest BCUT2D eigenvalue weighted by molar-refractivity contribution is 7.22. The van der Waals surface area contributed by atoms with Gasteiger partial charge in [0.15, 0.2) is 5.13 Å². The highest BCUT2D eigenvalue weighted by atomic mass is 32.1. The van der Waals surface area contributed by atoms with E-state index in [1.54, 1.807) is 18.3 Å². The standard InChI is InChI=1S/C23H22N2O4S/c1-3-28-17-8-6-16(7-9-17)13-22(26)25(15-19-5-4-12-29-19)23-24-20-11-10-18(27-2)14-21(20)30-23/h4-12,14H,3,13,15H2,1-2H3. The van der Waals surface area contributed by atoms with Crippen molar-refractivity contribution < 1.29 is 18.7 Å². The number of anilines is 1. The van der Waals surface area contributed by atoms with Gasteiger partial charge in [-0.25, -0.2) is 4.98 Å². The van der Waals surface area contributed by atoms with Crippen molar-refractivity contribution in [3.8, 4) is 11.5 Å². The van der Waals surface area contributed by atoms with Crippen LogP contribution in [0.15, 0.2) is 65.3 Å². The zero-order chi connectivity index (χ0) is 20.9. The van der Waals surface area contributed by atoms with E-state index in [0.29, 0.717) is 24.0 Å². The van der Waals surface area contributed by atoms with Gasteiger partial charge in [-0.1, -0.05) is 23.5 Å². The fraction of sp³-hybridized carbons (Fsp3) is 0.217. The zero-order valence-electron chi connectivity index (χ0n) is 16.8. The first-order chi connectivity index (χ1) is 14.7. The third-order valence-electron chi connectivity index (χ3n) is 4.60. The monoisotopic (exact) mass is 422 g/mol. The minimum atomic E-state index is -0.0541. The third-order valence-corrected chi connectivity index (χ3v) is 5.64. The molecule has 154 valence electrons. The molecule has 0 atom stereocenters. The van der Waals surface area contributed by atoms with Gasteiger partial charge < -0.3 is 13.9 Å². The molecule has 2 aromatic heterocycles. The van der Waals surface area contributed by atoms with Gasteiger partial charge in [-0.3, -0.25) is 9.69 Å². The van der Waals surface area contributed by atoms with Crippen molar-refractivity contribution in [2.75, 3.05) is 18.6 Å². The number of hydrogen-bond acceptors (Lipinski definition) is 6. The topological polar surface area (TPSA) is 64.8 Å². The van der Waals surface area contributed by atoms with Crippen LogP contribution in [-0.4, -0.2) is 24.6 Å². The van der Waals surface area contributed by atoms with Crippen LogP contribution in [0.5, 0.6) is 11.5 Å².